The Morgan fingerprint density at radius 3 is 2.61 bits per heavy atom. The molecule has 0 bridgehead atoms. The maximum absolute atomic E-state index is 12.8. The molecule has 2 aromatic heterocycles. The number of hydrogen-bond donors (Lipinski definition) is 1. The Kier molecular flexibility index (Phi) is 5.08. The first kappa shape index (κ1) is 19.4. The third-order valence-corrected chi connectivity index (χ3v) is 4.06. The number of aryl methyl sites for hydroxylation is 2. The van der Waals surface area contributed by atoms with E-state index in [2.05, 4.69) is 10.3 Å². The van der Waals surface area contributed by atoms with Gasteiger partial charge in [-0.1, -0.05) is 6.07 Å². The summed E-state index contributed by atoms with van der Waals surface area (Å²) in [7, 11) is 0. The molecule has 0 saturated heterocycles. The third kappa shape index (κ3) is 4.13. The van der Waals surface area contributed by atoms with Crippen LogP contribution in [0.5, 0.6) is 0 Å². The molecule has 9 heteroatoms. The molecule has 0 atom stereocenters. The molecule has 0 aliphatic rings. The van der Waals surface area contributed by atoms with Crippen LogP contribution in [0.4, 0.5) is 18.9 Å². The van der Waals surface area contributed by atoms with Crippen molar-refractivity contribution >= 4 is 11.6 Å². The molecule has 1 amide bonds. The fraction of sp³-hybridized carbons (Fsp3) is 0.211. The van der Waals surface area contributed by atoms with E-state index >= 15 is 0 Å². The molecule has 0 saturated carbocycles. The molecule has 0 fully saturated rings. The Morgan fingerprint density at radius 2 is 1.96 bits per heavy atom. The molecule has 0 radical (unpaired) electrons. The number of hydrogen-bond acceptors (Lipinski definition) is 4. The van der Waals surface area contributed by atoms with Gasteiger partial charge in [-0.05, 0) is 44.2 Å². The van der Waals surface area contributed by atoms with Gasteiger partial charge in [0.15, 0.2) is 0 Å². The van der Waals surface area contributed by atoms with Crippen LogP contribution in [-0.2, 0) is 17.5 Å². The topological polar surface area (TPSA) is 77.1 Å². The number of nitrogens with one attached hydrogen (secondary N) is 1. The van der Waals surface area contributed by atoms with Gasteiger partial charge in [0, 0.05) is 17.4 Å². The normalized spacial score (nSPS) is 11.5. The maximum atomic E-state index is 12.8. The Hall–Kier alpha value is -3.36. The van der Waals surface area contributed by atoms with E-state index in [9.17, 15) is 22.8 Å². The van der Waals surface area contributed by atoms with Crippen molar-refractivity contribution in [2.75, 3.05) is 5.32 Å². The number of carbonyl (C=O) groups is 1. The average molecular weight is 391 g/mol. The fourth-order valence-corrected chi connectivity index (χ4v) is 2.56. The molecule has 0 aliphatic heterocycles. The lowest BCUT2D eigenvalue weighted by atomic mass is 10.2. The van der Waals surface area contributed by atoms with E-state index in [4.69, 9.17) is 4.42 Å². The van der Waals surface area contributed by atoms with E-state index in [1.54, 1.807) is 38.1 Å². The zero-order chi connectivity index (χ0) is 20.5. The van der Waals surface area contributed by atoms with Gasteiger partial charge in [-0.25, -0.2) is 4.98 Å². The van der Waals surface area contributed by atoms with Gasteiger partial charge < -0.3 is 14.3 Å². The summed E-state index contributed by atoms with van der Waals surface area (Å²) >= 11 is 0. The van der Waals surface area contributed by atoms with E-state index < -0.39 is 29.8 Å². The number of carbonyl (C=O) groups excluding carboxylic acids is 1. The molecule has 0 spiro atoms. The summed E-state index contributed by atoms with van der Waals surface area (Å²) in [5.41, 5.74) is -0.821. The summed E-state index contributed by atoms with van der Waals surface area (Å²) in [6.45, 7) is 3.04. The lowest BCUT2D eigenvalue weighted by Crippen LogP contribution is -2.31. The Morgan fingerprint density at radius 1 is 1.21 bits per heavy atom. The predicted molar refractivity (Wildman–Crippen MR) is 95.7 cm³/mol. The average Bonchev–Trinajstić information content (AvgIpc) is 2.95. The molecule has 2 heterocycles. The maximum Gasteiger partial charge on any atom is 0.421 e. The SMILES string of the molecule is Cc1nc(-c2cccc(NC(=O)Cn3cccc(C(F)(F)F)c3=O)c2)oc1C. The molecule has 3 aromatic rings. The van der Waals surface area contributed by atoms with Crippen LogP contribution in [0.2, 0.25) is 0 Å². The highest BCUT2D eigenvalue weighted by Gasteiger charge is 2.34. The van der Waals surface area contributed by atoms with Crippen molar-refractivity contribution in [3.8, 4) is 11.5 Å². The third-order valence-electron chi connectivity index (χ3n) is 4.06. The van der Waals surface area contributed by atoms with Gasteiger partial charge in [-0.15, -0.1) is 0 Å². The molecular weight excluding hydrogens is 375 g/mol. The highest BCUT2D eigenvalue weighted by atomic mass is 19.4. The number of pyridine rings is 1. The molecule has 0 unspecified atom stereocenters. The number of nitrogens with zero attached hydrogens (tertiary/aromatic N) is 2. The first-order valence-electron chi connectivity index (χ1n) is 8.26. The van der Waals surface area contributed by atoms with Crippen LogP contribution in [-0.4, -0.2) is 15.5 Å². The number of amides is 1. The second-order valence-electron chi connectivity index (χ2n) is 6.14. The summed E-state index contributed by atoms with van der Waals surface area (Å²) in [6, 6.07) is 8.41. The summed E-state index contributed by atoms with van der Waals surface area (Å²) in [6.07, 6.45) is -3.65. The van der Waals surface area contributed by atoms with E-state index in [1.807, 2.05) is 0 Å². The van der Waals surface area contributed by atoms with Crippen LogP contribution in [0.25, 0.3) is 11.5 Å². The molecule has 0 aliphatic carbocycles. The molecule has 1 aromatic carbocycles. The number of benzene rings is 1. The van der Waals surface area contributed by atoms with Crippen LogP contribution in [0.1, 0.15) is 17.0 Å². The second-order valence-corrected chi connectivity index (χ2v) is 6.14. The predicted octanol–water partition coefficient (Wildman–Crippen LogP) is 3.78. The van der Waals surface area contributed by atoms with Crippen LogP contribution in [0, 0.1) is 13.8 Å². The lowest BCUT2D eigenvalue weighted by Gasteiger charge is -2.11. The zero-order valence-corrected chi connectivity index (χ0v) is 15.0. The van der Waals surface area contributed by atoms with Crippen molar-refractivity contribution in [1.82, 2.24) is 9.55 Å². The van der Waals surface area contributed by atoms with E-state index in [-0.39, 0.29) is 0 Å². The van der Waals surface area contributed by atoms with E-state index in [1.165, 1.54) is 0 Å². The van der Waals surface area contributed by atoms with Crippen molar-refractivity contribution in [3.05, 3.63) is 70.0 Å². The van der Waals surface area contributed by atoms with Gasteiger partial charge in [0.05, 0.1) is 5.69 Å². The summed E-state index contributed by atoms with van der Waals surface area (Å²) in [4.78, 5) is 28.4. The molecule has 146 valence electrons. The highest BCUT2D eigenvalue weighted by Crippen LogP contribution is 2.26. The minimum atomic E-state index is -4.78. The van der Waals surface area contributed by atoms with Crippen molar-refractivity contribution in [1.29, 1.82) is 0 Å². The number of anilines is 1. The summed E-state index contributed by atoms with van der Waals surface area (Å²) in [5.74, 6) is 0.423. The lowest BCUT2D eigenvalue weighted by molar-refractivity contribution is -0.139. The van der Waals surface area contributed by atoms with Gasteiger partial charge in [0.1, 0.15) is 17.9 Å². The Balaban J connectivity index is 1.78. The van der Waals surface area contributed by atoms with Crippen LogP contribution in [0.15, 0.2) is 51.8 Å². The number of aromatic nitrogens is 2. The fourth-order valence-electron chi connectivity index (χ4n) is 2.56. The van der Waals surface area contributed by atoms with Gasteiger partial charge in [0.2, 0.25) is 11.8 Å². The van der Waals surface area contributed by atoms with Crippen molar-refractivity contribution in [2.24, 2.45) is 0 Å². The molecule has 6 nitrogen and oxygen atoms in total. The van der Waals surface area contributed by atoms with Crippen LogP contribution >= 0.6 is 0 Å². The van der Waals surface area contributed by atoms with Gasteiger partial charge in [-0.3, -0.25) is 9.59 Å². The first-order valence-corrected chi connectivity index (χ1v) is 8.26. The molecule has 3 rings (SSSR count). The van der Waals surface area contributed by atoms with Crippen molar-refractivity contribution in [2.45, 2.75) is 26.6 Å². The van der Waals surface area contributed by atoms with Crippen LogP contribution < -0.4 is 10.9 Å². The molecular formula is C19H16F3N3O3. The quantitative estimate of drug-likeness (QED) is 0.734. The Bertz CT molecular complexity index is 1060. The Labute approximate surface area is 157 Å². The van der Waals surface area contributed by atoms with Crippen molar-refractivity contribution in [3.63, 3.8) is 0 Å². The first-order chi connectivity index (χ1) is 13.1. The van der Waals surface area contributed by atoms with Crippen molar-refractivity contribution < 1.29 is 22.4 Å². The van der Waals surface area contributed by atoms with Gasteiger partial charge in [0.25, 0.3) is 5.56 Å². The monoisotopic (exact) mass is 391 g/mol. The highest BCUT2D eigenvalue weighted by molar-refractivity contribution is 5.91. The largest absolute Gasteiger partial charge is 0.441 e. The number of oxazole rings is 1. The van der Waals surface area contributed by atoms with E-state index in [0.29, 0.717) is 33.5 Å². The zero-order valence-electron chi connectivity index (χ0n) is 15.0. The molecule has 28 heavy (non-hydrogen) atoms. The molecule has 1 N–H and O–H groups in total. The second kappa shape index (κ2) is 7.34. The number of alkyl halides is 3. The number of halogens is 3. The summed E-state index contributed by atoms with van der Waals surface area (Å²) in [5, 5.41) is 2.56. The summed E-state index contributed by atoms with van der Waals surface area (Å²) < 4.78 is 44.7. The van der Waals surface area contributed by atoms with Gasteiger partial charge in [-0.2, -0.15) is 13.2 Å². The minimum Gasteiger partial charge on any atom is -0.441 e. The smallest absolute Gasteiger partial charge is 0.421 e. The standard InChI is InChI=1S/C19H16F3N3O3/c1-11-12(2)28-17(23-11)13-5-3-6-14(9-13)24-16(26)10-25-8-4-7-15(18(25)27)19(20,21)22/h3-9H,10H2,1-2H3,(H,24,26). The van der Waals surface area contributed by atoms with Gasteiger partial charge >= 0.3 is 6.18 Å². The van der Waals surface area contributed by atoms with E-state index in [0.717, 1.165) is 18.0 Å². The minimum absolute atomic E-state index is 0.389. The number of rotatable bonds is 4. The van der Waals surface area contributed by atoms with Crippen LogP contribution in [0.3, 0.4) is 0 Å².